The summed E-state index contributed by atoms with van der Waals surface area (Å²) in [5.74, 6) is 1.06. The lowest BCUT2D eigenvalue weighted by Gasteiger charge is -2.10. The van der Waals surface area contributed by atoms with Crippen molar-refractivity contribution in [2.45, 2.75) is 31.6 Å². The van der Waals surface area contributed by atoms with Gasteiger partial charge in [-0.3, -0.25) is 0 Å². The number of nitrogens with one attached hydrogen (secondary N) is 2. The van der Waals surface area contributed by atoms with E-state index < -0.39 is 0 Å². The summed E-state index contributed by atoms with van der Waals surface area (Å²) in [6, 6.07) is 5.51. The Bertz CT molecular complexity index is 396. The van der Waals surface area contributed by atoms with Gasteiger partial charge in [-0.25, -0.2) is 4.79 Å². The van der Waals surface area contributed by atoms with Crippen LogP contribution in [0.15, 0.2) is 23.1 Å². The van der Waals surface area contributed by atoms with Crippen LogP contribution in [-0.2, 0) is 0 Å². The molecule has 2 amide bonds. The molecule has 0 aliphatic rings. The summed E-state index contributed by atoms with van der Waals surface area (Å²) >= 11 is 1.76. The topological polar surface area (TPSA) is 67.2 Å². The zero-order chi connectivity index (χ0) is 13.4. The van der Waals surface area contributed by atoms with Crippen molar-refractivity contribution in [1.29, 1.82) is 0 Å². The molecule has 0 saturated heterocycles. The third-order valence-corrected chi connectivity index (χ3v) is 3.48. The van der Waals surface area contributed by atoms with Crippen LogP contribution in [0.25, 0.3) is 0 Å². The van der Waals surface area contributed by atoms with Crippen molar-refractivity contribution in [2.75, 3.05) is 23.3 Å². The van der Waals surface area contributed by atoms with Crippen molar-refractivity contribution in [3.63, 3.8) is 0 Å². The second-order valence-corrected chi connectivity index (χ2v) is 5.15. The van der Waals surface area contributed by atoms with Crippen LogP contribution in [-0.4, -0.2) is 18.3 Å². The molecule has 0 aliphatic carbocycles. The van der Waals surface area contributed by atoms with Gasteiger partial charge in [0.15, 0.2) is 0 Å². The van der Waals surface area contributed by atoms with Gasteiger partial charge >= 0.3 is 6.03 Å². The molecule has 100 valence electrons. The molecule has 1 aromatic carbocycles. The van der Waals surface area contributed by atoms with Crippen LogP contribution >= 0.6 is 11.8 Å². The zero-order valence-corrected chi connectivity index (χ0v) is 11.8. The minimum Gasteiger partial charge on any atom is -0.397 e. The molecule has 0 bridgehead atoms. The van der Waals surface area contributed by atoms with E-state index in [2.05, 4.69) is 17.6 Å². The lowest BCUT2D eigenvalue weighted by Crippen LogP contribution is -2.29. The predicted molar refractivity (Wildman–Crippen MR) is 79.2 cm³/mol. The van der Waals surface area contributed by atoms with E-state index in [4.69, 9.17) is 5.73 Å². The average Bonchev–Trinajstić information content (AvgIpc) is 2.37. The lowest BCUT2D eigenvalue weighted by molar-refractivity contribution is 0.252. The van der Waals surface area contributed by atoms with E-state index in [0.29, 0.717) is 17.9 Å². The van der Waals surface area contributed by atoms with Gasteiger partial charge in [-0.15, -0.1) is 11.8 Å². The fraction of sp³-hybridized carbons (Fsp3) is 0.462. The average molecular weight is 267 g/mol. The number of hydrogen-bond acceptors (Lipinski definition) is 3. The molecule has 18 heavy (non-hydrogen) atoms. The summed E-state index contributed by atoms with van der Waals surface area (Å²) in [5.41, 5.74) is 7.10. The van der Waals surface area contributed by atoms with E-state index in [0.717, 1.165) is 23.5 Å². The second kappa shape index (κ2) is 7.87. The highest BCUT2D eigenvalue weighted by Gasteiger charge is 2.05. The highest BCUT2D eigenvalue weighted by Crippen LogP contribution is 2.26. The van der Waals surface area contributed by atoms with E-state index >= 15 is 0 Å². The number of carbonyl (C=O) groups excluding carboxylic acids is 1. The Morgan fingerprint density at radius 1 is 1.33 bits per heavy atom. The number of anilines is 2. The van der Waals surface area contributed by atoms with Gasteiger partial charge in [0.2, 0.25) is 0 Å². The molecular formula is C13H21N3OS. The number of rotatable bonds is 6. The number of nitrogen functional groups attached to an aromatic ring is 1. The molecular weight excluding hydrogens is 246 g/mol. The minimum atomic E-state index is -0.207. The van der Waals surface area contributed by atoms with Crippen molar-refractivity contribution in [3.8, 4) is 0 Å². The number of thioether (sulfide) groups is 1. The van der Waals surface area contributed by atoms with Crippen LogP contribution in [0, 0.1) is 0 Å². The largest absolute Gasteiger partial charge is 0.397 e. The van der Waals surface area contributed by atoms with E-state index in [1.807, 2.05) is 25.1 Å². The van der Waals surface area contributed by atoms with Crippen molar-refractivity contribution in [2.24, 2.45) is 0 Å². The highest BCUT2D eigenvalue weighted by molar-refractivity contribution is 7.99. The normalized spacial score (nSPS) is 10.1. The maximum Gasteiger partial charge on any atom is 0.319 e. The first-order valence-corrected chi connectivity index (χ1v) is 7.23. The maximum absolute atomic E-state index is 11.6. The molecule has 0 spiro atoms. The minimum absolute atomic E-state index is 0.207. The summed E-state index contributed by atoms with van der Waals surface area (Å²) in [5, 5.41) is 5.53. The van der Waals surface area contributed by atoms with Crippen LogP contribution in [0.2, 0.25) is 0 Å². The molecule has 5 heteroatoms. The summed E-state index contributed by atoms with van der Waals surface area (Å²) in [4.78, 5) is 12.7. The Balaban J connectivity index is 2.65. The van der Waals surface area contributed by atoms with Gasteiger partial charge in [-0.05, 0) is 36.8 Å². The third-order valence-electron chi connectivity index (χ3n) is 2.28. The van der Waals surface area contributed by atoms with Gasteiger partial charge in [0.05, 0.1) is 11.4 Å². The molecule has 0 aromatic heterocycles. The number of nitrogens with two attached hydrogens (primary N) is 1. The standard InChI is InChI=1S/C13H21N3OS/c1-3-7-15-13(17)16-12-9-10(18-8-4-2)5-6-11(12)14/h5-6,9H,3-4,7-8,14H2,1-2H3,(H2,15,16,17). The second-order valence-electron chi connectivity index (χ2n) is 3.98. The SMILES string of the molecule is CCCNC(=O)Nc1cc(SCCC)ccc1N. The third kappa shape index (κ3) is 4.87. The Morgan fingerprint density at radius 3 is 2.78 bits per heavy atom. The lowest BCUT2D eigenvalue weighted by atomic mass is 10.3. The molecule has 4 N–H and O–H groups in total. The van der Waals surface area contributed by atoms with Crippen LogP contribution in [0.5, 0.6) is 0 Å². The molecule has 4 nitrogen and oxygen atoms in total. The van der Waals surface area contributed by atoms with Gasteiger partial charge in [0.25, 0.3) is 0 Å². The Morgan fingerprint density at radius 2 is 2.11 bits per heavy atom. The summed E-state index contributed by atoms with van der Waals surface area (Å²) in [6.45, 7) is 4.81. The number of urea groups is 1. The van der Waals surface area contributed by atoms with Crippen LogP contribution in [0.1, 0.15) is 26.7 Å². The first-order chi connectivity index (χ1) is 8.67. The van der Waals surface area contributed by atoms with Crippen molar-refractivity contribution in [3.05, 3.63) is 18.2 Å². The van der Waals surface area contributed by atoms with Gasteiger partial charge in [0.1, 0.15) is 0 Å². The number of carbonyl (C=O) groups is 1. The van der Waals surface area contributed by atoms with Crippen LogP contribution in [0.4, 0.5) is 16.2 Å². The van der Waals surface area contributed by atoms with E-state index in [-0.39, 0.29) is 6.03 Å². The molecule has 1 aromatic rings. The first kappa shape index (κ1) is 14.7. The molecule has 0 radical (unpaired) electrons. The van der Waals surface area contributed by atoms with Crippen molar-refractivity contribution in [1.82, 2.24) is 5.32 Å². The first-order valence-electron chi connectivity index (χ1n) is 6.24. The fourth-order valence-corrected chi connectivity index (χ4v) is 2.16. The van der Waals surface area contributed by atoms with E-state index in [1.54, 1.807) is 11.8 Å². The molecule has 1 rings (SSSR count). The Labute approximate surface area is 113 Å². The Hall–Kier alpha value is -1.36. The number of amides is 2. The Kier molecular flexibility index (Phi) is 6.43. The predicted octanol–water partition coefficient (Wildman–Crippen LogP) is 3.30. The molecule has 0 fully saturated rings. The van der Waals surface area contributed by atoms with Gasteiger partial charge in [-0.2, -0.15) is 0 Å². The number of hydrogen-bond donors (Lipinski definition) is 3. The zero-order valence-electron chi connectivity index (χ0n) is 11.0. The van der Waals surface area contributed by atoms with Crippen LogP contribution < -0.4 is 16.4 Å². The summed E-state index contributed by atoms with van der Waals surface area (Å²) < 4.78 is 0. The molecule has 0 heterocycles. The smallest absolute Gasteiger partial charge is 0.319 e. The van der Waals surface area contributed by atoms with Gasteiger partial charge in [0, 0.05) is 11.4 Å². The molecule has 0 atom stereocenters. The van der Waals surface area contributed by atoms with Crippen molar-refractivity contribution >= 4 is 29.2 Å². The van der Waals surface area contributed by atoms with Crippen molar-refractivity contribution < 1.29 is 4.79 Å². The van der Waals surface area contributed by atoms with Crippen LogP contribution in [0.3, 0.4) is 0 Å². The fourth-order valence-electron chi connectivity index (χ4n) is 1.36. The highest BCUT2D eigenvalue weighted by atomic mass is 32.2. The molecule has 0 saturated carbocycles. The van der Waals surface area contributed by atoms with Gasteiger partial charge < -0.3 is 16.4 Å². The quantitative estimate of drug-likeness (QED) is 0.547. The van der Waals surface area contributed by atoms with E-state index in [9.17, 15) is 4.79 Å². The monoisotopic (exact) mass is 267 g/mol. The maximum atomic E-state index is 11.6. The molecule has 0 aliphatic heterocycles. The van der Waals surface area contributed by atoms with E-state index in [1.165, 1.54) is 0 Å². The molecule has 0 unspecified atom stereocenters. The van der Waals surface area contributed by atoms with Gasteiger partial charge in [-0.1, -0.05) is 13.8 Å². The number of benzene rings is 1. The summed E-state index contributed by atoms with van der Waals surface area (Å²) in [7, 11) is 0. The summed E-state index contributed by atoms with van der Waals surface area (Å²) in [6.07, 6.45) is 2.03.